The molecule has 3 rings (SSSR count). The topological polar surface area (TPSA) is 0 Å². The predicted octanol–water partition coefficient (Wildman–Crippen LogP) is 4.95. The standard InChI is InChI=1S/C16H18F2/c17-15-8-14(9-16(18)10-15)13-6-4-12(5-7-13)11-2-1-3-11/h6,8-12H,1-5,7H2. The zero-order valence-corrected chi connectivity index (χ0v) is 10.5. The molecular formula is C16H18F2. The van der Waals surface area contributed by atoms with Gasteiger partial charge in [-0.1, -0.05) is 25.3 Å². The monoisotopic (exact) mass is 248 g/mol. The minimum atomic E-state index is -0.480. The summed E-state index contributed by atoms with van der Waals surface area (Å²) >= 11 is 0. The van der Waals surface area contributed by atoms with Crippen LogP contribution in [0.25, 0.3) is 5.57 Å². The average molecular weight is 248 g/mol. The fraction of sp³-hybridized carbons (Fsp3) is 0.500. The van der Waals surface area contributed by atoms with Crippen LogP contribution in [0, 0.1) is 23.5 Å². The molecule has 96 valence electrons. The highest BCUT2D eigenvalue weighted by atomic mass is 19.1. The molecule has 1 fully saturated rings. The summed E-state index contributed by atoms with van der Waals surface area (Å²) in [7, 11) is 0. The molecule has 0 nitrogen and oxygen atoms in total. The van der Waals surface area contributed by atoms with Gasteiger partial charge in [0.2, 0.25) is 0 Å². The third kappa shape index (κ3) is 2.33. The molecule has 0 spiro atoms. The molecule has 0 bridgehead atoms. The maximum absolute atomic E-state index is 13.2. The van der Waals surface area contributed by atoms with Crippen LogP contribution >= 0.6 is 0 Å². The number of benzene rings is 1. The summed E-state index contributed by atoms with van der Waals surface area (Å²) in [4.78, 5) is 0. The van der Waals surface area contributed by atoms with Crippen molar-refractivity contribution in [3.8, 4) is 0 Å². The fourth-order valence-corrected chi connectivity index (χ4v) is 3.20. The molecule has 1 aromatic carbocycles. The van der Waals surface area contributed by atoms with Crippen molar-refractivity contribution >= 4 is 5.57 Å². The lowest BCUT2D eigenvalue weighted by Gasteiger charge is -2.35. The Balaban J connectivity index is 1.75. The van der Waals surface area contributed by atoms with Crippen LogP contribution in [0.1, 0.15) is 44.1 Å². The number of hydrogen-bond donors (Lipinski definition) is 0. The SMILES string of the molecule is Fc1cc(F)cc(C2=CCC(C3CCC3)CC2)c1. The first-order valence-corrected chi connectivity index (χ1v) is 6.88. The Hall–Kier alpha value is -1.18. The lowest BCUT2D eigenvalue weighted by molar-refractivity contribution is 0.195. The van der Waals surface area contributed by atoms with Crippen molar-refractivity contribution in [1.82, 2.24) is 0 Å². The fourth-order valence-electron chi connectivity index (χ4n) is 3.20. The van der Waals surface area contributed by atoms with Gasteiger partial charge in [0.25, 0.3) is 0 Å². The number of allylic oxidation sites excluding steroid dienone is 2. The summed E-state index contributed by atoms with van der Waals surface area (Å²) in [5, 5.41) is 0. The van der Waals surface area contributed by atoms with Crippen LogP contribution in [0.3, 0.4) is 0 Å². The van der Waals surface area contributed by atoms with Gasteiger partial charge in [-0.25, -0.2) is 8.78 Å². The van der Waals surface area contributed by atoms with Crippen LogP contribution in [-0.4, -0.2) is 0 Å². The van der Waals surface area contributed by atoms with E-state index in [1.807, 2.05) is 0 Å². The quantitative estimate of drug-likeness (QED) is 0.694. The first-order chi connectivity index (χ1) is 8.72. The van der Waals surface area contributed by atoms with Gasteiger partial charge in [-0.15, -0.1) is 0 Å². The highest BCUT2D eigenvalue weighted by molar-refractivity contribution is 5.66. The molecule has 0 radical (unpaired) electrons. The van der Waals surface area contributed by atoms with E-state index in [1.165, 1.54) is 37.8 Å². The second-order valence-corrected chi connectivity index (χ2v) is 5.61. The van der Waals surface area contributed by atoms with Gasteiger partial charge in [0.05, 0.1) is 0 Å². The van der Waals surface area contributed by atoms with Crippen molar-refractivity contribution in [2.45, 2.75) is 38.5 Å². The van der Waals surface area contributed by atoms with E-state index in [0.29, 0.717) is 0 Å². The van der Waals surface area contributed by atoms with Crippen molar-refractivity contribution in [3.05, 3.63) is 41.5 Å². The van der Waals surface area contributed by atoms with Gasteiger partial charge in [0.15, 0.2) is 0 Å². The van der Waals surface area contributed by atoms with Crippen molar-refractivity contribution in [2.75, 3.05) is 0 Å². The van der Waals surface area contributed by atoms with E-state index in [4.69, 9.17) is 0 Å². The van der Waals surface area contributed by atoms with Crippen LogP contribution in [0.5, 0.6) is 0 Å². The number of rotatable bonds is 2. The van der Waals surface area contributed by atoms with Crippen LogP contribution in [0.2, 0.25) is 0 Å². The first kappa shape index (κ1) is 11.9. The summed E-state index contributed by atoms with van der Waals surface area (Å²) in [6.07, 6.45) is 9.55. The summed E-state index contributed by atoms with van der Waals surface area (Å²) in [6, 6.07) is 3.82. The maximum Gasteiger partial charge on any atom is 0.126 e. The molecule has 0 aliphatic heterocycles. The molecule has 1 aromatic rings. The Kier molecular flexibility index (Phi) is 3.19. The molecule has 0 saturated heterocycles. The molecule has 0 amide bonds. The van der Waals surface area contributed by atoms with Crippen molar-refractivity contribution in [1.29, 1.82) is 0 Å². The molecule has 0 N–H and O–H groups in total. The van der Waals surface area contributed by atoms with E-state index in [9.17, 15) is 8.78 Å². The van der Waals surface area contributed by atoms with Gasteiger partial charge in [-0.3, -0.25) is 0 Å². The molecule has 1 saturated carbocycles. The van der Waals surface area contributed by atoms with Crippen LogP contribution in [-0.2, 0) is 0 Å². The molecule has 2 heteroatoms. The molecule has 1 unspecified atom stereocenters. The second kappa shape index (κ2) is 4.83. The van der Waals surface area contributed by atoms with Gasteiger partial charge >= 0.3 is 0 Å². The Morgan fingerprint density at radius 1 is 0.889 bits per heavy atom. The summed E-state index contributed by atoms with van der Waals surface area (Å²) in [6.45, 7) is 0. The van der Waals surface area contributed by atoms with E-state index < -0.39 is 11.6 Å². The van der Waals surface area contributed by atoms with E-state index in [2.05, 4.69) is 6.08 Å². The van der Waals surface area contributed by atoms with Gasteiger partial charge in [0.1, 0.15) is 11.6 Å². The summed E-state index contributed by atoms with van der Waals surface area (Å²) in [5.74, 6) is 0.756. The van der Waals surface area contributed by atoms with E-state index >= 15 is 0 Å². The largest absolute Gasteiger partial charge is 0.207 e. The molecule has 18 heavy (non-hydrogen) atoms. The first-order valence-electron chi connectivity index (χ1n) is 6.88. The molecule has 1 atom stereocenters. The summed E-state index contributed by atoms with van der Waals surface area (Å²) in [5.41, 5.74) is 1.84. The van der Waals surface area contributed by atoms with Gasteiger partial charge in [-0.05, 0) is 54.4 Å². The molecule has 2 aliphatic carbocycles. The van der Waals surface area contributed by atoms with Crippen LogP contribution in [0.15, 0.2) is 24.3 Å². The maximum atomic E-state index is 13.2. The zero-order chi connectivity index (χ0) is 12.5. The normalized spacial score (nSPS) is 24.6. The zero-order valence-electron chi connectivity index (χ0n) is 10.5. The van der Waals surface area contributed by atoms with Crippen LogP contribution in [0.4, 0.5) is 8.78 Å². The molecular weight excluding hydrogens is 230 g/mol. The van der Waals surface area contributed by atoms with Crippen molar-refractivity contribution in [3.63, 3.8) is 0 Å². The van der Waals surface area contributed by atoms with Gasteiger partial charge < -0.3 is 0 Å². The highest BCUT2D eigenvalue weighted by Crippen LogP contribution is 2.42. The Morgan fingerprint density at radius 3 is 2.11 bits per heavy atom. The Morgan fingerprint density at radius 2 is 1.61 bits per heavy atom. The molecule has 2 aliphatic rings. The lowest BCUT2D eigenvalue weighted by atomic mass is 9.70. The van der Waals surface area contributed by atoms with E-state index in [0.717, 1.165) is 41.9 Å². The molecule has 0 aromatic heterocycles. The summed E-state index contributed by atoms with van der Waals surface area (Å²) < 4.78 is 26.4. The third-order valence-corrected chi connectivity index (χ3v) is 4.50. The number of halogens is 2. The second-order valence-electron chi connectivity index (χ2n) is 5.61. The van der Waals surface area contributed by atoms with Gasteiger partial charge in [0, 0.05) is 6.07 Å². The van der Waals surface area contributed by atoms with E-state index in [-0.39, 0.29) is 0 Å². The Bertz CT molecular complexity index is 452. The number of hydrogen-bond acceptors (Lipinski definition) is 0. The van der Waals surface area contributed by atoms with Crippen molar-refractivity contribution < 1.29 is 8.78 Å². The smallest absolute Gasteiger partial charge is 0.126 e. The van der Waals surface area contributed by atoms with E-state index in [1.54, 1.807) is 0 Å². The molecule has 0 heterocycles. The van der Waals surface area contributed by atoms with Crippen molar-refractivity contribution in [2.24, 2.45) is 11.8 Å². The highest BCUT2D eigenvalue weighted by Gasteiger charge is 2.28. The van der Waals surface area contributed by atoms with Gasteiger partial charge in [-0.2, -0.15) is 0 Å². The van der Waals surface area contributed by atoms with Crippen LogP contribution < -0.4 is 0 Å². The Labute approximate surface area is 107 Å². The minimum Gasteiger partial charge on any atom is -0.207 e. The minimum absolute atomic E-state index is 0.480. The lowest BCUT2D eigenvalue weighted by Crippen LogP contribution is -2.23. The average Bonchev–Trinajstić information content (AvgIpc) is 2.26. The predicted molar refractivity (Wildman–Crippen MR) is 69.0 cm³/mol. The third-order valence-electron chi connectivity index (χ3n) is 4.50.